The summed E-state index contributed by atoms with van der Waals surface area (Å²) in [5.41, 5.74) is 6.31. The van der Waals surface area contributed by atoms with E-state index >= 15 is 0 Å². The molecule has 3 nitrogen and oxygen atoms in total. The molecule has 90 valence electrons. The largest absolute Gasteiger partial charge is 0.490 e. The Labute approximate surface area is 106 Å². The predicted molar refractivity (Wildman–Crippen MR) is 68.6 cm³/mol. The highest BCUT2D eigenvalue weighted by atomic mass is 35.5. The van der Waals surface area contributed by atoms with Crippen LogP contribution < -0.4 is 10.5 Å². The van der Waals surface area contributed by atoms with Crippen molar-refractivity contribution < 1.29 is 4.74 Å². The van der Waals surface area contributed by atoms with Gasteiger partial charge in [-0.2, -0.15) is 0 Å². The lowest BCUT2D eigenvalue weighted by Crippen LogP contribution is -2.31. The van der Waals surface area contributed by atoms with Crippen molar-refractivity contribution in [3.8, 4) is 5.75 Å². The molecular weight excluding hydrogens is 236 g/mol. The van der Waals surface area contributed by atoms with Gasteiger partial charge >= 0.3 is 0 Å². The van der Waals surface area contributed by atoms with E-state index in [4.69, 9.17) is 28.6 Å². The summed E-state index contributed by atoms with van der Waals surface area (Å²) < 4.78 is 5.84. The number of benzene rings is 1. The maximum absolute atomic E-state index is 6.92. The zero-order chi connectivity index (χ0) is 12.3. The Morgan fingerprint density at radius 3 is 2.59 bits per heavy atom. The number of nitrogens with zero attached hydrogens (tertiary/aromatic N) is 1. The van der Waals surface area contributed by atoms with Crippen LogP contribution >= 0.6 is 11.6 Å². The fraction of sp³-hybridized carbons (Fsp3) is 0.462. The van der Waals surface area contributed by atoms with Crippen LogP contribution in [-0.2, 0) is 0 Å². The van der Waals surface area contributed by atoms with E-state index in [0.717, 1.165) is 31.4 Å². The van der Waals surface area contributed by atoms with Crippen LogP contribution in [0.25, 0.3) is 4.85 Å². The van der Waals surface area contributed by atoms with E-state index in [2.05, 4.69) is 4.85 Å². The average molecular weight is 251 g/mol. The smallest absolute Gasteiger partial charge is 0.205 e. The number of ether oxygens (including phenoxy) is 1. The Hall–Kier alpha value is -1.24. The number of hydrogen-bond acceptors (Lipinski definition) is 2. The monoisotopic (exact) mass is 250 g/mol. The van der Waals surface area contributed by atoms with Gasteiger partial charge in [0.25, 0.3) is 0 Å². The van der Waals surface area contributed by atoms with Gasteiger partial charge in [0.2, 0.25) is 5.69 Å². The van der Waals surface area contributed by atoms with E-state index < -0.39 is 0 Å². The van der Waals surface area contributed by atoms with E-state index in [1.165, 1.54) is 0 Å². The van der Waals surface area contributed by atoms with Crippen LogP contribution in [0, 0.1) is 6.57 Å². The second-order valence-corrected chi connectivity index (χ2v) is 4.79. The Balaban J connectivity index is 2.00. The van der Waals surface area contributed by atoms with Crippen molar-refractivity contribution in [1.29, 1.82) is 0 Å². The summed E-state index contributed by atoms with van der Waals surface area (Å²) in [6.07, 6.45) is 4.23. The molecule has 0 aliphatic heterocycles. The topological polar surface area (TPSA) is 39.6 Å². The first-order chi connectivity index (χ1) is 8.19. The first-order valence-corrected chi connectivity index (χ1v) is 6.16. The third-order valence-electron chi connectivity index (χ3n) is 3.06. The van der Waals surface area contributed by atoms with Crippen LogP contribution in [0.2, 0.25) is 5.02 Å². The van der Waals surface area contributed by atoms with Crippen molar-refractivity contribution in [2.75, 3.05) is 0 Å². The molecule has 0 heterocycles. The van der Waals surface area contributed by atoms with E-state index in [1.54, 1.807) is 18.2 Å². The molecule has 1 aliphatic rings. The molecule has 0 amide bonds. The quantitative estimate of drug-likeness (QED) is 0.816. The molecule has 1 aromatic carbocycles. The molecule has 2 N–H and O–H groups in total. The van der Waals surface area contributed by atoms with E-state index in [0.29, 0.717) is 16.8 Å². The van der Waals surface area contributed by atoms with Gasteiger partial charge in [0, 0.05) is 6.04 Å². The van der Waals surface area contributed by atoms with Crippen LogP contribution in [0.5, 0.6) is 5.75 Å². The van der Waals surface area contributed by atoms with Crippen molar-refractivity contribution >= 4 is 17.3 Å². The van der Waals surface area contributed by atoms with Crippen LogP contribution in [0.3, 0.4) is 0 Å². The van der Waals surface area contributed by atoms with Gasteiger partial charge < -0.3 is 10.5 Å². The number of rotatable bonds is 2. The van der Waals surface area contributed by atoms with Crippen LogP contribution in [0.15, 0.2) is 18.2 Å². The molecule has 1 fully saturated rings. The van der Waals surface area contributed by atoms with Crippen LogP contribution in [-0.4, -0.2) is 12.1 Å². The van der Waals surface area contributed by atoms with Gasteiger partial charge in [-0.25, -0.2) is 4.85 Å². The van der Waals surface area contributed by atoms with Gasteiger partial charge in [0.1, 0.15) is 5.75 Å². The van der Waals surface area contributed by atoms with Gasteiger partial charge in [-0.05, 0) is 37.8 Å². The van der Waals surface area contributed by atoms with Crippen molar-refractivity contribution in [3.63, 3.8) is 0 Å². The molecule has 17 heavy (non-hydrogen) atoms. The minimum atomic E-state index is 0.227. The van der Waals surface area contributed by atoms with Gasteiger partial charge in [0.15, 0.2) is 0 Å². The first kappa shape index (κ1) is 12.2. The summed E-state index contributed by atoms with van der Waals surface area (Å²) in [5, 5.41) is 0.449. The fourth-order valence-electron chi connectivity index (χ4n) is 2.05. The lowest BCUT2D eigenvalue weighted by Gasteiger charge is -2.26. The molecule has 0 bridgehead atoms. The fourth-order valence-corrected chi connectivity index (χ4v) is 2.26. The lowest BCUT2D eigenvalue weighted by atomic mass is 9.94. The summed E-state index contributed by atoms with van der Waals surface area (Å²) in [6, 6.07) is 5.53. The molecule has 1 aromatic rings. The van der Waals surface area contributed by atoms with Crippen LogP contribution in [0.4, 0.5) is 5.69 Å². The molecule has 0 atom stereocenters. The summed E-state index contributed by atoms with van der Waals surface area (Å²) in [6.45, 7) is 6.92. The molecule has 4 heteroatoms. The normalized spacial score (nSPS) is 24.1. The molecule has 0 unspecified atom stereocenters. The second-order valence-electron chi connectivity index (χ2n) is 4.38. The van der Waals surface area contributed by atoms with Crippen LogP contribution in [0.1, 0.15) is 25.7 Å². The molecule has 2 rings (SSSR count). The third kappa shape index (κ3) is 3.12. The summed E-state index contributed by atoms with van der Waals surface area (Å²) in [7, 11) is 0. The Bertz CT molecular complexity index is 434. The molecule has 0 aromatic heterocycles. The van der Waals surface area contributed by atoms with Gasteiger partial charge in [-0.1, -0.05) is 17.7 Å². The standard InChI is InChI=1S/C13H15ClN2O/c1-16-13-7-6-11(8-12(13)14)17-10-4-2-9(15)3-5-10/h6-10H,2-5,15H2. The van der Waals surface area contributed by atoms with E-state index in [-0.39, 0.29) is 6.10 Å². The first-order valence-electron chi connectivity index (χ1n) is 5.78. The van der Waals surface area contributed by atoms with Crippen molar-refractivity contribution in [3.05, 3.63) is 34.6 Å². The van der Waals surface area contributed by atoms with Crippen molar-refractivity contribution in [2.45, 2.75) is 37.8 Å². The molecular formula is C13H15ClN2O. The average Bonchev–Trinajstić information content (AvgIpc) is 2.32. The lowest BCUT2D eigenvalue weighted by molar-refractivity contribution is 0.147. The van der Waals surface area contributed by atoms with Crippen molar-refractivity contribution in [1.82, 2.24) is 0 Å². The summed E-state index contributed by atoms with van der Waals surface area (Å²) in [4.78, 5) is 3.31. The minimum absolute atomic E-state index is 0.227. The Morgan fingerprint density at radius 1 is 1.29 bits per heavy atom. The highest BCUT2D eigenvalue weighted by molar-refractivity contribution is 6.33. The maximum Gasteiger partial charge on any atom is 0.205 e. The van der Waals surface area contributed by atoms with E-state index in [9.17, 15) is 0 Å². The molecule has 1 saturated carbocycles. The second kappa shape index (κ2) is 5.39. The molecule has 0 spiro atoms. The molecule has 0 radical (unpaired) electrons. The third-order valence-corrected chi connectivity index (χ3v) is 3.36. The van der Waals surface area contributed by atoms with E-state index in [1.807, 2.05) is 0 Å². The Morgan fingerprint density at radius 2 is 2.00 bits per heavy atom. The summed E-state index contributed by atoms with van der Waals surface area (Å²) in [5.74, 6) is 0.739. The maximum atomic E-state index is 6.92. The minimum Gasteiger partial charge on any atom is -0.490 e. The Kier molecular flexibility index (Phi) is 3.88. The predicted octanol–water partition coefficient (Wildman–Crippen LogP) is 3.54. The molecule has 0 saturated heterocycles. The highest BCUT2D eigenvalue weighted by Gasteiger charge is 2.19. The number of nitrogens with two attached hydrogens (primary N) is 1. The van der Waals surface area contributed by atoms with Gasteiger partial charge in [-0.15, -0.1) is 0 Å². The zero-order valence-electron chi connectivity index (χ0n) is 9.53. The number of halogens is 1. The summed E-state index contributed by atoms with van der Waals surface area (Å²) >= 11 is 5.96. The SMILES string of the molecule is [C-]#[N+]c1ccc(OC2CCC(N)CC2)cc1Cl. The van der Waals surface area contributed by atoms with Gasteiger partial charge in [0.05, 0.1) is 17.7 Å². The molecule has 1 aliphatic carbocycles. The van der Waals surface area contributed by atoms with Crippen molar-refractivity contribution in [2.24, 2.45) is 5.73 Å². The zero-order valence-corrected chi connectivity index (χ0v) is 10.3. The van der Waals surface area contributed by atoms with Gasteiger partial charge in [-0.3, -0.25) is 0 Å². The highest BCUT2D eigenvalue weighted by Crippen LogP contribution is 2.31. The number of hydrogen-bond donors (Lipinski definition) is 1.